The second-order valence-corrected chi connectivity index (χ2v) is 7.80. The maximum Gasteiger partial charge on any atom is 0.137 e. The van der Waals surface area contributed by atoms with Crippen LogP contribution >= 0.6 is 23.4 Å². The summed E-state index contributed by atoms with van der Waals surface area (Å²) >= 11 is 8.24. The Labute approximate surface area is 124 Å². The lowest BCUT2D eigenvalue weighted by molar-refractivity contribution is 0.632. The Kier molecular flexibility index (Phi) is 4.62. The molecular weight excluding hydrogens is 278 g/mol. The fourth-order valence-corrected chi connectivity index (χ4v) is 3.60. The van der Waals surface area contributed by atoms with E-state index in [1.165, 1.54) is 18.6 Å². The molecule has 0 spiro atoms. The molecule has 1 N–H and O–H groups in total. The maximum absolute atomic E-state index is 6.20. The van der Waals surface area contributed by atoms with Gasteiger partial charge < -0.3 is 5.32 Å². The Balaban J connectivity index is 2.15. The summed E-state index contributed by atoms with van der Waals surface area (Å²) in [6, 6.07) is 0. The van der Waals surface area contributed by atoms with Crippen LogP contribution < -0.4 is 5.32 Å². The van der Waals surface area contributed by atoms with Crippen LogP contribution in [0.4, 0.5) is 5.82 Å². The Bertz CT molecular complexity index is 456. The van der Waals surface area contributed by atoms with Crippen LogP contribution in [0, 0.1) is 6.92 Å². The van der Waals surface area contributed by atoms with Gasteiger partial charge in [0.15, 0.2) is 0 Å². The number of anilines is 1. The van der Waals surface area contributed by atoms with Crippen molar-refractivity contribution in [1.82, 2.24) is 9.97 Å². The minimum Gasteiger partial charge on any atom is -0.368 e. The van der Waals surface area contributed by atoms with Gasteiger partial charge in [-0.2, -0.15) is 11.8 Å². The first-order valence-electron chi connectivity index (χ1n) is 6.83. The van der Waals surface area contributed by atoms with E-state index in [-0.39, 0.29) is 5.92 Å². The molecule has 1 fully saturated rings. The summed E-state index contributed by atoms with van der Waals surface area (Å²) in [6.45, 7) is 9.39. The van der Waals surface area contributed by atoms with E-state index in [4.69, 9.17) is 11.6 Å². The fraction of sp³-hybridized carbons (Fsp3) is 0.714. The standard InChI is InChI=1S/C14H22ClN3S/c1-9(2)12-17-11(15)10(3)13(18-12)16-8-14(4)6-5-7-19-14/h9H,5-8H2,1-4H3,(H,16,17,18). The third kappa shape index (κ3) is 3.54. The molecule has 19 heavy (non-hydrogen) atoms. The molecule has 0 bridgehead atoms. The average Bonchev–Trinajstić information content (AvgIpc) is 2.78. The van der Waals surface area contributed by atoms with Crippen LogP contribution in [0.2, 0.25) is 5.15 Å². The summed E-state index contributed by atoms with van der Waals surface area (Å²) in [5, 5.41) is 4.04. The minimum atomic E-state index is 0.287. The number of hydrogen-bond acceptors (Lipinski definition) is 4. The molecule has 106 valence electrons. The molecule has 0 aliphatic carbocycles. The van der Waals surface area contributed by atoms with Crippen molar-refractivity contribution in [3.63, 3.8) is 0 Å². The van der Waals surface area contributed by atoms with E-state index in [0.29, 0.717) is 9.90 Å². The van der Waals surface area contributed by atoms with E-state index in [0.717, 1.165) is 23.8 Å². The molecule has 5 heteroatoms. The van der Waals surface area contributed by atoms with E-state index >= 15 is 0 Å². The number of rotatable bonds is 4. The minimum absolute atomic E-state index is 0.287. The lowest BCUT2D eigenvalue weighted by Gasteiger charge is -2.24. The van der Waals surface area contributed by atoms with Gasteiger partial charge in [-0.15, -0.1) is 0 Å². The van der Waals surface area contributed by atoms with Crippen molar-refractivity contribution in [2.75, 3.05) is 17.6 Å². The highest BCUT2D eigenvalue weighted by molar-refractivity contribution is 8.00. The van der Waals surface area contributed by atoms with Gasteiger partial charge in [0.1, 0.15) is 16.8 Å². The Morgan fingerprint density at radius 3 is 2.74 bits per heavy atom. The third-order valence-corrected chi connectivity index (χ3v) is 5.46. The highest BCUT2D eigenvalue weighted by Gasteiger charge is 2.29. The topological polar surface area (TPSA) is 37.8 Å². The third-order valence-electron chi connectivity index (χ3n) is 3.55. The zero-order chi connectivity index (χ0) is 14.0. The van der Waals surface area contributed by atoms with Gasteiger partial charge in [0.05, 0.1) is 0 Å². The lowest BCUT2D eigenvalue weighted by Crippen LogP contribution is -2.28. The van der Waals surface area contributed by atoms with Crippen molar-refractivity contribution in [2.24, 2.45) is 0 Å². The Morgan fingerprint density at radius 1 is 1.42 bits per heavy atom. The predicted molar refractivity (Wildman–Crippen MR) is 84.5 cm³/mol. The highest BCUT2D eigenvalue weighted by atomic mass is 35.5. The van der Waals surface area contributed by atoms with Crippen molar-refractivity contribution >= 4 is 29.2 Å². The normalized spacial score (nSPS) is 23.1. The van der Waals surface area contributed by atoms with Crippen LogP contribution in [0.25, 0.3) is 0 Å². The number of aromatic nitrogens is 2. The second kappa shape index (κ2) is 5.88. The largest absolute Gasteiger partial charge is 0.368 e. The Hall–Kier alpha value is -0.480. The lowest BCUT2D eigenvalue weighted by atomic mass is 10.1. The van der Waals surface area contributed by atoms with Crippen LogP contribution in [0.1, 0.15) is 50.9 Å². The van der Waals surface area contributed by atoms with Crippen molar-refractivity contribution in [3.05, 3.63) is 16.5 Å². The number of thioether (sulfide) groups is 1. The molecule has 0 radical (unpaired) electrons. The summed E-state index contributed by atoms with van der Waals surface area (Å²) < 4.78 is 0.321. The number of nitrogens with one attached hydrogen (secondary N) is 1. The van der Waals surface area contributed by atoms with Gasteiger partial charge in [-0.1, -0.05) is 25.4 Å². The van der Waals surface area contributed by atoms with Crippen LogP contribution in [0.3, 0.4) is 0 Å². The molecule has 1 atom stereocenters. The van der Waals surface area contributed by atoms with E-state index < -0.39 is 0 Å². The first-order chi connectivity index (χ1) is 8.91. The number of nitrogens with zero attached hydrogens (tertiary/aromatic N) is 2. The molecule has 1 saturated heterocycles. The van der Waals surface area contributed by atoms with E-state index in [1.807, 2.05) is 18.7 Å². The zero-order valence-corrected chi connectivity index (χ0v) is 13.7. The molecule has 1 unspecified atom stereocenters. The monoisotopic (exact) mass is 299 g/mol. The van der Waals surface area contributed by atoms with Crippen LogP contribution in [-0.4, -0.2) is 27.0 Å². The van der Waals surface area contributed by atoms with Crippen molar-refractivity contribution < 1.29 is 0 Å². The molecule has 0 amide bonds. The molecular formula is C14H22ClN3S. The highest BCUT2D eigenvalue weighted by Crippen LogP contribution is 2.38. The second-order valence-electron chi connectivity index (χ2n) is 5.76. The van der Waals surface area contributed by atoms with Gasteiger partial charge in [-0.3, -0.25) is 0 Å². The quantitative estimate of drug-likeness (QED) is 0.843. The summed E-state index contributed by atoms with van der Waals surface area (Å²) in [5.41, 5.74) is 0.942. The van der Waals surface area contributed by atoms with Crippen molar-refractivity contribution in [2.45, 2.75) is 51.2 Å². The first kappa shape index (κ1) is 14.9. The van der Waals surface area contributed by atoms with Gasteiger partial charge in [-0.25, -0.2) is 9.97 Å². The van der Waals surface area contributed by atoms with Crippen molar-refractivity contribution in [1.29, 1.82) is 0 Å². The molecule has 2 heterocycles. The molecule has 1 aromatic heterocycles. The molecule has 0 aromatic carbocycles. The molecule has 1 aliphatic rings. The van der Waals surface area contributed by atoms with Gasteiger partial charge >= 0.3 is 0 Å². The Morgan fingerprint density at radius 2 is 2.16 bits per heavy atom. The summed E-state index contributed by atoms with van der Waals surface area (Å²) in [4.78, 5) is 8.95. The van der Waals surface area contributed by atoms with Gasteiger partial charge in [0, 0.05) is 22.8 Å². The molecule has 1 aliphatic heterocycles. The fourth-order valence-electron chi connectivity index (χ4n) is 2.18. The average molecular weight is 300 g/mol. The predicted octanol–water partition coefficient (Wildman–Crippen LogP) is 4.26. The zero-order valence-electron chi connectivity index (χ0n) is 12.1. The van der Waals surface area contributed by atoms with Crippen LogP contribution in [0.5, 0.6) is 0 Å². The SMILES string of the molecule is Cc1c(Cl)nc(C(C)C)nc1NCC1(C)CCCS1. The molecule has 2 rings (SSSR count). The van der Waals surface area contributed by atoms with Gasteiger partial charge in [0.25, 0.3) is 0 Å². The van der Waals surface area contributed by atoms with E-state index in [1.54, 1.807) is 0 Å². The maximum atomic E-state index is 6.20. The van der Waals surface area contributed by atoms with E-state index in [9.17, 15) is 0 Å². The summed E-state index contributed by atoms with van der Waals surface area (Å²) in [7, 11) is 0. The van der Waals surface area contributed by atoms with Gasteiger partial charge in [0.2, 0.25) is 0 Å². The van der Waals surface area contributed by atoms with Crippen molar-refractivity contribution in [3.8, 4) is 0 Å². The first-order valence-corrected chi connectivity index (χ1v) is 8.19. The summed E-state index contributed by atoms with van der Waals surface area (Å²) in [6.07, 6.45) is 2.57. The summed E-state index contributed by atoms with van der Waals surface area (Å²) in [5.74, 6) is 3.24. The number of hydrogen-bond donors (Lipinski definition) is 1. The van der Waals surface area contributed by atoms with Crippen LogP contribution in [0.15, 0.2) is 0 Å². The van der Waals surface area contributed by atoms with Gasteiger partial charge in [-0.05, 0) is 32.4 Å². The molecule has 3 nitrogen and oxygen atoms in total. The van der Waals surface area contributed by atoms with E-state index in [2.05, 4.69) is 36.1 Å². The smallest absolute Gasteiger partial charge is 0.137 e. The molecule has 0 saturated carbocycles. The molecule has 1 aromatic rings. The number of halogens is 1. The van der Waals surface area contributed by atoms with Crippen LogP contribution in [-0.2, 0) is 0 Å².